The Morgan fingerprint density at radius 2 is 0.793 bits per heavy atom. The van der Waals surface area contributed by atoms with E-state index < -0.39 is 67.4 Å². The van der Waals surface area contributed by atoms with Crippen LogP contribution in [0.25, 0.3) is 0 Å². The summed E-state index contributed by atoms with van der Waals surface area (Å²) in [5.74, 6) is -1.20. The van der Waals surface area contributed by atoms with Crippen molar-refractivity contribution in [2.45, 2.75) is 372 Å². The van der Waals surface area contributed by atoms with Gasteiger partial charge in [-0.3, -0.25) is 9.59 Å². The van der Waals surface area contributed by atoms with E-state index in [4.69, 9.17) is 14.2 Å². The molecule has 11 nitrogen and oxygen atoms in total. The predicted molar refractivity (Wildman–Crippen MR) is 366 cm³/mol. The van der Waals surface area contributed by atoms with Crippen molar-refractivity contribution in [2.75, 3.05) is 13.2 Å². The molecule has 1 aliphatic heterocycles. The number of rotatable bonds is 62. The maximum absolute atomic E-state index is 13.5. The largest absolute Gasteiger partial charge is 0.454 e. The first-order valence-corrected chi connectivity index (χ1v) is 36.4. The van der Waals surface area contributed by atoms with Gasteiger partial charge in [0.15, 0.2) is 12.4 Å². The highest BCUT2D eigenvalue weighted by atomic mass is 16.7. The smallest absolute Gasteiger partial charge is 0.306 e. The van der Waals surface area contributed by atoms with Crippen molar-refractivity contribution in [2.24, 2.45) is 0 Å². The van der Waals surface area contributed by atoms with Crippen molar-refractivity contribution in [1.29, 1.82) is 0 Å². The number of amides is 1. The molecule has 1 fully saturated rings. The number of nitrogens with one attached hydrogen (secondary N) is 1. The third-order valence-electron chi connectivity index (χ3n) is 16.8. The minimum Gasteiger partial charge on any atom is -0.454 e. The molecule has 0 saturated carbocycles. The zero-order valence-electron chi connectivity index (χ0n) is 56.1. The van der Waals surface area contributed by atoms with E-state index in [9.17, 15) is 35.1 Å². The first-order chi connectivity index (χ1) is 42.7. The van der Waals surface area contributed by atoms with E-state index in [1.807, 2.05) is 6.08 Å². The first kappa shape index (κ1) is 81.9. The minimum absolute atomic E-state index is 0.120. The molecule has 0 aromatic rings. The molecular formula is C76H135NO10. The van der Waals surface area contributed by atoms with Crippen molar-refractivity contribution in [1.82, 2.24) is 5.32 Å². The summed E-state index contributed by atoms with van der Waals surface area (Å²) in [6.45, 7) is 5.75. The Morgan fingerprint density at radius 3 is 1.21 bits per heavy atom. The molecule has 1 rings (SSSR count). The van der Waals surface area contributed by atoms with Crippen LogP contribution in [-0.4, -0.2) is 99.6 Å². The first-order valence-electron chi connectivity index (χ1n) is 36.4. The van der Waals surface area contributed by atoms with Crippen molar-refractivity contribution in [3.8, 4) is 0 Å². The molecule has 0 spiro atoms. The van der Waals surface area contributed by atoms with Crippen LogP contribution in [0.2, 0.25) is 0 Å². The molecule has 8 unspecified atom stereocenters. The van der Waals surface area contributed by atoms with Gasteiger partial charge in [0.25, 0.3) is 0 Å². The van der Waals surface area contributed by atoms with Crippen molar-refractivity contribution in [3.63, 3.8) is 0 Å². The van der Waals surface area contributed by atoms with Crippen LogP contribution in [0.3, 0.4) is 0 Å². The van der Waals surface area contributed by atoms with Crippen molar-refractivity contribution < 1.29 is 49.3 Å². The van der Waals surface area contributed by atoms with E-state index in [1.165, 1.54) is 180 Å². The summed E-state index contributed by atoms with van der Waals surface area (Å²) in [6, 6.07) is -1.03. The Kier molecular flexibility index (Phi) is 59.3. The third kappa shape index (κ3) is 50.2. The molecule has 1 saturated heterocycles. The van der Waals surface area contributed by atoms with Crippen LogP contribution in [-0.2, 0) is 23.8 Å². The molecule has 1 heterocycles. The second-order valence-electron chi connectivity index (χ2n) is 25.0. The highest BCUT2D eigenvalue weighted by molar-refractivity contribution is 5.80. The lowest BCUT2D eigenvalue weighted by Gasteiger charge is -2.41. The van der Waals surface area contributed by atoms with Gasteiger partial charge in [0.2, 0.25) is 5.91 Å². The number of carbonyl (C=O) groups excluding carboxylic acids is 2. The van der Waals surface area contributed by atoms with Crippen LogP contribution in [0.4, 0.5) is 0 Å². The second-order valence-corrected chi connectivity index (χ2v) is 25.0. The van der Waals surface area contributed by atoms with Crippen molar-refractivity contribution >= 4 is 11.9 Å². The normalized spacial score (nSPS) is 18.7. The van der Waals surface area contributed by atoms with E-state index in [1.54, 1.807) is 6.08 Å². The fourth-order valence-electron chi connectivity index (χ4n) is 11.0. The van der Waals surface area contributed by atoms with E-state index in [2.05, 4.69) is 99.0 Å². The fraction of sp³-hybridized carbons (Fsp3) is 0.789. The average molecular weight is 1220 g/mol. The van der Waals surface area contributed by atoms with E-state index in [0.717, 1.165) is 96.3 Å². The van der Waals surface area contributed by atoms with Gasteiger partial charge in [-0.1, -0.05) is 298 Å². The summed E-state index contributed by atoms with van der Waals surface area (Å²) in [6.07, 6.45) is 73.4. The van der Waals surface area contributed by atoms with Gasteiger partial charge in [-0.15, -0.1) is 0 Å². The Labute approximate surface area is 533 Å². The van der Waals surface area contributed by atoms with Crippen LogP contribution in [0.5, 0.6) is 0 Å². The molecular weight excluding hydrogens is 1090 g/mol. The van der Waals surface area contributed by atoms with Gasteiger partial charge in [-0.05, 0) is 103 Å². The quantitative estimate of drug-likeness (QED) is 0.0195. The molecule has 11 heteroatoms. The second kappa shape index (κ2) is 63.0. The van der Waals surface area contributed by atoms with E-state index in [-0.39, 0.29) is 19.4 Å². The Bertz CT molecular complexity index is 1740. The molecule has 1 amide bonds. The van der Waals surface area contributed by atoms with Crippen LogP contribution in [0.1, 0.15) is 323 Å². The van der Waals surface area contributed by atoms with Gasteiger partial charge < -0.3 is 45.1 Å². The molecule has 1 aliphatic rings. The maximum atomic E-state index is 13.5. The van der Waals surface area contributed by atoms with Gasteiger partial charge in [-0.25, -0.2) is 0 Å². The molecule has 0 aromatic carbocycles. The number of esters is 1. The Hall–Kier alpha value is -3.16. The van der Waals surface area contributed by atoms with Crippen molar-refractivity contribution in [3.05, 3.63) is 85.1 Å². The van der Waals surface area contributed by atoms with Gasteiger partial charge >= 0.3 is 5.97 Å². The number of hydrogen-bond acceptors (Lipinski definition) is 10. The number of ether oxygens (including phenoxy) is 3. The number of aliphatic hydroxyl groups is 5. The molecule has 0 radical (unpaired) electrons. The average Bonchev–Trinajstić information content (AvgIpc) is 2.93. The minimum atomic E-state index is -1.62. The van der Waals surface area contributed by atoms with E-state index >= 15 is 0 Å². The predicted octanol–water partition coefficient (Wildman–Crippen LogP) is 18.8. The Morgan fingerprint density at radius 1 is 0.448 bits per heavy atom. The van der Waals surface area contributed by atoms with Crippen LogP contribution in [0, 0.1) is 0 Å². The molecule has 6 N–H and O–H groups in total. The fourth-order valence-corrected chi connectivity index (χ4v) is 11.0. The highest BCUT2D eigenvalue weighted by Crippen LogP contribution is 2.26. The number of hydrogen-bond donors (Lipinski definition) is 6. The summed E-state index contributed by atoms with van der Waals surface area (Å²) < 4.78 is 17.7. The van der Waals surface area contributed by atoms with Gasteiger partial charge in [0, 0.05) is 6.42 Å². The molecule has 87 heavy (non-hydrogen) atoms. The number of carbonyl (C=O) groups is 2. The Balaban J connectivity index is 2.53. The summed E-state index contributed by atoms with van der Waals surface area (Å²) in [4.78, 5) is 26.7. The summed E-state index contributed by atoms with van der Waals surface area (Å²) in [5.41, 5.74) is 0. The lowest BCUT2D eigenvalue weighted by atomic mass is 9.99. The van der Waals surface area contributed by atoms with Gasteiger partial charge in [-0.2, -0.15) is 0 Å². The zero-order valence-corrected chi connectivity index (χ0v) is 56.1. The maximum Gasteiger partial charge on any atom is 0.306 e. The number of aliphatic hydroxyl groups excluding tert-OH is 5. The third-order valence-corrected chi connectivity index (χ3v) is 16.8. The lowest BCUT2D eigenvalue weighted by Crippen LogP contribution is -2.61. The van der Waals surface area contributed by atoms with Crippen LogP contribution >= 0.6 is 0 Å². The molecule has 0 aliphatic carbocycles. The van der Waals surface area contributed by atoms with Gasteiger partial charge in [0.1, 0.15) is 24.4 Å². The monoisotopic (exact) mass is 1220 g/mol. The topological polar surface area (TPSA) is 175 Å². The summed E-state index contributed by atoms with van der Waals surface area (Å²) in [7, 11) is 0. The van der Waals surface area contributed by atoms with E-state index in [0.29, 0.717) is 12.8 Å². The molecule has 0 aromatic heterocycles. The van der Waals surface area contributed by atoms with Crippen LogP contribution in [0.15, 0.2) is 85.1 Å². The number of allylic oxidation sites excluding steroid dienone is 13. The number of unbranched alkanes of at least 4 members (excludes halogenated alkanes) is 36. The summed E-state index contributed by atoms with van der Waals surface area (Å²) in [5, 5.41) is 57.2. The van der Waals surface area contributed by atoms with Gasteiger partial charge in [0.05, 0.1) is 25.4 Å². The SMILES string of the molecule is CCCCC/C=C\C/C=C\C/C=C\CCCCCCCCCCCCCCCCC(=O)OC1C(OCC(NC(=O)C(O)CCCCCCCCC/C=C\C/C=C\C/C=C\CCCCC)C(O)/C=C/CCCCCCCCCCC)OC(CO)C(O)C1O. The molecule has 504 valence electrons. The zero-order chi connectivity index (χ0) is 63.1. The lowest BCUT2D eigenvalue weighted by molar-refractivity contribution is -0.305. The molecule has 8 atom stereocenters. The highest BCUT2D eigenvalue weighted by Gasteiger charge is 2.47. The molecule has 0 bridgehead atoms. The summed E-state index contributed by atoms with van der Waals surface area (Å²) >= 11 is 0. The van der Waals surface area contributed by atoms with Crippen LogP contribution < -0.4 is 5.32 Å². The standard InChI is InChI=1S/C76H135NO10/c1-4-7-10-13-16-19-22-24-26-28-30-32-33-34-35-36-37-38-40-42-44-46-49-52-55-58-61-64-71(81)87-74-73(83)72(82)70(65-78)86-76(74)85-66-67(68(79)62-59-56-53-50-47-21-18-15-12-9-6-3)77-75(84)69(80)63-60-57-54-51-48-45-43-41-39-31-29-27-25-23-20-17-14-11-8-5-2/h16-17,19-20,24-27,30-32,39,59,62,67-70,72-74,76,78-80,82-83H,4-15,18,21-23,28-29,33-38,40-58,60-61,63-66H2,1-3H3,(H,77,84)/b19-16-,20-17-,26-24-,27-25-,32-30-,39-31-,62-59+.